The molecule has 0 bridgehead atoms. The molecule has 6 nitrogen and oxygen atoms in total. The largest absolute Gasteiger partial charge is 0.368 e. The summed E-state index contributed by atoms with van der Waals surface area (Å²) < 4.78 is 0. The zero-order valence-corrected chi connectivity index (χ0v) is 14.9. The Balaban J connectivity index is 1.61. The molecule has 1 aliphatic rings. The lowest BCUT2D eigenvalue weighted by molar-refractivity contribution is 0.0772. The second-order valence-electron chi connectivity index (χ2n) is 6.06. The van der Waals surface area contributed by atoms with E-state index < -0.39 is 0 Å². The number of benzene rings is 1. The lowest BCUT2D eigenvalue weighted by Gasteiger charge is -2.36. The third-order valence-electron chi connectivity index (χ3n) is 4.62. The van der Waals surface area contributed by atoms with E-state index >= 15 is 0 Å². The van der Waals surface area contributed by atoms with Crippen molar-refractivity contribution in [1.82, 2.24) is 14.9 Å². The summed E-state index contributed by atoms with van der Waals surface area (Å²) in [4.78, 5) is 27.5. The molecule has 0 saturated carbocycles. The molecule has 0 unspecified atom stereocenters. The molecule has 1 saturated heterocycles. The number of piperazine rings is 1. The van der Waals surface area contributed by atoms with E-state index in [9.17, 15) is 4.79 Å². The number of nitrogens with zero attached hydrogens (tertiary/aromatic N) is 5. The van der Waals surface area contributed by atoms with Gasteiger partial charge in [0.2, 0.25) is 5.95 Å². The van der Waals surface area contributed by atoms with Crippen molar-refractivity contribution in [2.24, 2.45) is 0 Å². The molecule has 25 heavy (non-hydrogen) atoms. The van der Waals surface area contributed by atoms with Crippen LogP contribution < -0.4 is 9.80 Å². The molecule has 1 aromatic carbocycles. The maximum absolute atomic E-state index is 12.3. The van der Waals surface area contributed by atoms with Gasteiger partial charge in [-0.25, -0.2) is 9.97 Å². The van der Waals surface area contributed by atoms with Gasteiger partial charge in [-0.15, -0.1) is 0 Å². The van der Waals surface area contributed by atoms with Gasteiger partial charge in [0.15, 0.2) is 0 Å². The smallest absolute Gasteiger partial charge is 0.256 e. The van der Waals surface area contributed by atoms with Crippen molar-refractivity contribution in [3.8, 4) is 0 Å². The monoisotopic (exact) mass is 339 g/mol. The van der Waals surface area contributed by atoms with E-state index in [1.165, 1.54) is 5.69 Å². The highest BCUT2D eigenvalue weighted by molar-refractivity contribution is 5.93. The molecule has 0 atom stereocenters. The SMILES string of the molecule is CCN(CC)C(=O)c1cnc(N2CCN(c3ccccc3)CC2)nc1. The number of rotatable bonds is 5. The van der Waals surface area contributed by atoms with Crippen LogP contribution in [0.3, 0.4) is 0 Å². The van der Waals surface area contributed by atoms with Crippen molar-refractivity contribution in [3.63, 3.8) is 0 Å². The number of hydrogen-bond donors (Lipinski definition) is 0. The van der Waals surface area contributed by atoms with Crippen LogP contribution in [0.2, 0.25) is 0 Å². The number of anilines is 2. The summed E-state index contributed by atoms with van der Waals surface area (Å²) in [5, 5.41) is 0. The summed E-state index contributed by atoms with van der Waals surface area (Å²) in [5.74, 6) is 0.689. The predicted octanol–water partition coefficient (Wildman–Crippen LogP) is 2.29. The second kappa shape index (κ2) is 7.96. The van der Waals surface area contributed by atoms with Crippen LogP contribution in [0, 0.1) is 0 Å². The predicted molar refractivity (Wildman–Crippen MR) is 100 cm³/mol. The Kier molecular flexibility index (Phi) is 5.48. The fraction of sp³-hybridized carbons (Fsp3) is 0.421. The molecule has 0 radical (unpaired) electrons. The molecule has 1 aliphatic heterocycles. The maximum Gasteiger partial charge on any atom is 0.256 e. The summed E-state index contributed by atoms with van der Waals surface area (Å²) >= 11 is 0. The van der Waals surface area contributed by atoms with E-state index in [0.717, 1.165) is 26.2 Å². The minimum absolute atomic E-state index is 0.00885. The van der Waals surface area contributed by atoms with Crippen molar-refractivity contribution in [3.05, 3.63) is 48.3 Å². The molecule has 0 spiro atoms. The minimum atomic E-state index is -0.00885. The molecule has 2 heterocycles. The van der Waals surface area contributed by atoms with Crippen LogP contribution in [-0.4, -0.2) is 60.0 Å². The Bertz CT molecular complexity index is 677. The molecule has 132 valence electrons. The molecular weight excluding hydrogens is 314 g/mol. The summed E-state index contributed by atoms with van der Waals surface area (Å²) in [7, 11) is 0. The minimum Gasteiger partial charge on any atom is -0.368 e. The Hall–Kier alpha value is -2.63. The summed E-state index contributed by atoms with van der Waals surface area (Å²) in [6.45, 7) is 8.96. The van der Waals surface area contributed by atoms with E-state index in [1.54, 1.807) is 17.3 Å². The number of hydrogen-bond acceptors (Lipinski definition) is 5. The van der Waals surface area contributed by atoms with Gasteiger partial charge in [-0.2, -0.15) is 0 Å². The van der Waals surface area contributed by atoms with Crippen LogP contribution in [0.15, 0.2) is 42.7 Å². The van der Waals surface area contributed by atoms with Gasteiger partial charge in [0.05, 0.1) is 5.56 Å². The molecule has 2 aromatic rings. The average molecular weight is 339 g/mol. The topological polar surface area (TPSA) is 52.6 Å². The van der Waals surface area contributed by atoms with Crippen molar-refractivity contribution >= 4 is 17.5 Å². The fourth-order valence-electron chi connectivity index (χ4n) is 3.09. The highest BCUT2D eigenvalue weighted by Gasteiger charge is 2.20. The molecule has 1 fully saturated rings. The lowest BCUT2D eigenvalue weighted by atomic mass is 10.2. The normalized spacial score (nSPS) is 14.5. The Labute approximate surface area is 149 Å². The third-order valence-corrected chi connectivity index (χ3v) is 4.62. The highest BCUT2D eigenvalue weighted by atomic mass is 16.2. The fourth-order valence-corrected chi connectivity index (χ4v) is 3.09. The van der Waals surface area contributed by atoms with Gasteiger partial charge < -0.3 is 14.7 Å². The van der Waals surface area contributed by atoms with Gasteiger partial charge in [-0.05, 0) is 26.0 Å². The Morgan fingerprint density at radius 2 is 1.52 bits per heavy atom. The van der Waals surface area contributed by atoms with Gasteiger partial charge in [-0.1, -0.05) is 18.2 Å². The van der Waals surface area contributed by atoms with Crippen molar-refractivity contribution in [2.45, 2.75) is 13.8 Å². The van der Waals surface area contributed by atoms with Gasteiger partial charge in [0.25, 0.3) is 5.91 Å². The first-order chi connectivity index (χ1) is 12.2. The van der Waals surface area contributed by atoms with Gasteiger partial charge in [-0.3, -0.25) is 4.79 Å². The maximum atomic E-state index is 12.3. The second-order valence-corrected chi connectivity index (χ2v) is 6.06. The van der Waals surface area contributed by atoms with Crippen LogP contribution >= 0.6 is 0 Å². The first kappa shape index (κ1) is 17.2. The van der Waals surface area contributed by atoms with Crippen LogP contribution in [0.25, 0.3) is 0 Å². The average Bonchev–Trinajstić information content (AvgIpc) is 2.70. The number of para-hydroxylation sites is 1. The van der Waals surface area contributed by atoms with Crippen LogP contribution in [-0.2, 0) is 0 Å². The third kappa shape index (κ3) is 3.90. The number of amides is 1. The quantitative estimate of drug-likeness (QED) is 0.836. The van der Waals surface area contributed by atoms with Gasteiger partial charge in [0, 0.05) is 57.3 Å². The number of carbonyl (C=O) groups excluding carboxylic acids is 1. The molecule has 1 aromatic heterocycles. The zero-order valence-electron chi connectivity index (χ0n) is 14.9. The molecule has 0 aliphatic carbocycles. The van der Waals surface area contributed by atoms with Crippen molar-refractivity contribution < 1.29 is 4.79 Å². The summed E-state index contributed by atoms with van der Waals surface area (Å²) in [5.41, 5.74) is 1.80. The highest BCUT2D eigenvalue weighted by Crippen LogP contribution is 2.18. The van der Waals surface area contributed by atoms with E-state index in [-0.39, 0.29) is 5.91 Å². The summed E-state index contributed by atoms with van der Waals surface area (Å²) in [6.07, 6.45) is 3.29. The van der Waals surface area contributed by atoms with E-state index in [0.29, 0.717) is 24.6 Å². The number of aromatic nitrogens is 2. The van der Waals surface area contributed by atoms with E-state index in [2.05, 4.69) is 44.0 Å². The lowest BCUT2D eigenvalue weighted by Crippen LogP contribution is -2.47. The van der Waals surface area contributed by atoms with E-state index in [4.69, 9.17) is 0 Å². The first-order valence-electron chi connectivity index (χ1n) is 8.89. The molecule has 0 N–H and O–H groups in total. The zero-order chi connectivity index (χ0) is 17.6. The first-order valence-corrected chi connectivity index (χ1v) is 8.89. The van der Waals surface area contributed by atoms with Crippen molar-refractivity contribution in [2.75, 3.05) is 49.1 Å². The Morgan fingerprint density at radius 3 is 2.08 bits per heavy atom. The molecule has 3 rings (SSSR count). The number of carbonyl (C=O) groups is 1. The molecular formula is C19H25N5O. The van der Waals surface area contributed by atoms with Crippen LogP contribution in [0.4, 0.5) is 11.6 Å². The Morgan fingerprint density at radius 1 is 0.960 bits per heavy atom. The van der Waals surface area contributed by atoms with E-state index in [1.807, 2.05) is 19.9 Å². The van der Waals surface area contributed by atoms with Crippen LogP contribution in [0.5, 0.6) is 0 Å². The molecule has 6 heteroatoms. The molecule has 1 amide bonds. The summed E-state index contributed by atoms with van der Waals surface area (Å²) in [6, 6.07) is 10.4. The van der Waals surface area contributed by atoms with Crippen molar-refractivity contribution in [1.29, 1.82) is 0 Å². The van der Waals surface area contributed by atoms with Gasteiger partial charge >= 0.3 is 0 Å². The van der Waals surface area contributed by atoms with Crippen LogP contribution in [0.1, 0.15) is 24.2 Å². The standard InChI is InChI=1S/C19H25N5O/c1-3-22(4-2)18(25)16-14-20-19(21-15-16)24-12-10-23(11-13-24)17-8-6-5-7-9-17/h5-9,14-15H,3-4,10-13H2,1-2H3. The van der Waals surface area contributed by atoms with Gasteiger partial charge in [0.1, 0.15) is 0 Å².